The Hall–Kier alpha value is 0.0900. The van der Waals surface area contributed by atoms with E-state index in [4.69, 9.17) is 0 Å². The molecule has 0 amide bonds. The number of alkyl halides is 1. The highest BCUT2D eigenvalue weighted by Gasteiger charge is 2.45. The zero-order valence-corrected chi connectivity index (χ0v) is 12.4. The SMILES string of the molecule is O=S(=O)(NC1(CBr)CC1)c1ccc(Br)cc1. The molecule has 1 N–H and O–H groups in total. The van der Waals surface area contributed by atoms with Crippen LogP contribution in [0.15, 0.2) is 33.6 Å². The highest BCUT2D eigenvalue weighted by molar-refractivity contribution is 9.10. The predicted molar refractivity (Wildman–Crippen MR) is 70.2 cm³/mol. The summed E-state index contributed by atoms with van der Waals surface area (Å²) in [7, 11) is -3.39. The Balaban J connectivity index is 2.22. The minimum absolute atomic E-state index is 0.258. The second kappa shape index (κ2) is 4.40. The van der Waals surface area contributed by atoms with Crippen LogP contribution in [-0.2, 0) is 10.0 Å². The van der Waals surface area contributed by atoms with Gasteiger partial charge >= 0.3 is 0 Å². The Morgan fingerprint density at radius 2 is 1.81 bits per heavy atom. The zero-order chi connectivity index (χ0) is 11.8. The van der Waals surface area contributed by atoms with Crippen molar-refractivity contribution in [1.82, 2.24) is 4.72 Å². The van der Waals surface area contributed by atoms with Gasteiger partial charge in [-0.25, -0.2) is 13.1 Å². The van der Waals surface area contributed by atoms with Crippen molar-refractivity contribution in [2.45, 2.75) is 23.3 Å². The molecular formula is C10H11Br2NO2S. The molecule has 0 heterocycles. The maximum atomic E-state index is 12.0. The first kappa shape index (κ1) is 12.5. The van der Waals surface area contributed by atoms with Crippen LogP contribution < -0.4 is 4.72 Å². The van der Waals surface area contributed by atoms with Crippen LogP contribution in [0.5, 0.6) is 0 Å². The van der Waals surface area contributed by atoms with Crippen LogP contribution in [0.1, 0.15) is 12.8 Å². The molecule has 0 aromatic heterocycles. The molecule has 0 unspecified atom stereocenters. The summed E-state index contributed by atoms with van der Waals surface area (Å²) in [6.07, 6.45) is 1.79. The summed E-state index contributed by atoms with van der Waals surface area (Å²) >= 11 is 6.61. The number of hydrogen-bond donors (Lipinski definition) is 1. The topological polar surface area (TPSA) is 46.2 Å². The number of nitrogens with one attached hydrogen (secondary N) is 1. The maximum absolute atomic E-state index is 12.0. The molecule has 1 aliphatic carbocycles. The molecule has 1 aromatic carbocycles. The van der Waals surface area contributed by atoms with E-state index in [0.717, 1.165) is 17.3 Å². The summed E-state index contributed by atoms with van der Waals surface area (Å²) in [4.78, 5) is 0.308. The van der Waals surface area contributed by atoms with Crippen LogP contribution in [0.25, 0.3) is 0 Å². The zero-order valence-electron chi connectivity index (χ0n) is 8.41. The third-order valence-corrected chi connectivity index (χ3v) is 5.78. The van der Waals surface area contributed by atoms with Crippen molar-refractivity contribution in [2.75, 3.05) is 5.33 Å². The van der Waals surface area contributed by atoms with Gasteiger partial charge < -0.3 is 0 Å². The summed E-state index contributed by atoms with van der Waals surface area (Å²) < 4.78 is 27.6. The van der Waals surface area contributed by atoms with Crippen molar-refractivity contribution in [2.24, 2.45) is 0 Å². The standard InChI is InChI=1S/C10H11Br2NO2S/c11-7-10(5-6-10)13-16(14,15)9-3-1-8(12)2-4-9/h1-4,13H,5-7H2. The fourth-order valence-corrected chi connectivity index (χ4v) is 3.98. The Morgan fingerprint density at radius 1 is 1.25 bits per heavy atom. The summed E-state index contributed by atoms with van der Waals surface area (Å²) in [5.74, 6) is 0. The molecule has 3 nitrogen and oxygen atoms in total. The maximum Gasteiger partial charge on any atom is 0.241 e. The molecule has 0 bridgehead atoms. The monoisotopic (exact) mass is 367 g/mol. The number of sulfonamides is 1. The van der Waals surface area contributed by atoms with Crippen LogP contribution in [0.3, 0.4) is 0 Å². The van der Waals surface area contributed by atoms with Crippen LogP contribution in [0.4, 0.5) is 0 Å². The predicted octanol–water partition coefficient (Wildman–Crippen LogP) is 2.65. The van der Waals surface area contributed by atoms with Gasteiger partial charge in [0.15, 0.2) is 0 Å². The molecule has 0 spiro atoms. The smallest absolute Gasteiger partial charge is 0.207 e. The molecule has 1 saturated carbocycles. The lowest BCUT2D eigenvalue weighted by atomic mass is 10.4. The van der Waals surface area contributed by atoms with E-state index >= 15 is 0 Å². The van der Waals surface area contributed by atoms with E-state index in [1.807, 2.05) is 0 Å². The van der Waals surface area contributed by atoms with E-state index in [2.05, 4.69) is 36.6 Å². The normalized spacial score (nSPS) is 18.4. The fourth-order valence-electron chi connectivity index (χ4n) is 1.37. The van der Waals surface area contributed by atoms with Gasteiger partial charge in [0.05, 0.1) is 4.90 Å². The van der Waals surface area contributed by atoms with Gasteiger partial charge in [0, 0.05) is 15.3 Å². The lowest BCUT2D eigenvalue weighted by Crippen LogP contribution is -2.37. The first-order valence-corrected chi connectivity index (χ1v) is 8.23. The quantitative estimate of drug-likeness (QED) is 0.830. The van der Waals surface area contributed by atoms with E-state index in [1.54, 1.807) is 24.3 Å². The minimum atomic E-state index is -3.39. The van der Waals surface area contributed by atoms with Crippen LogP contribution in [0, 0.1) is 0 Å². The molecule has 1 aliphatic rings. The van der Waals surface area contributed by atoms with Gasteiger partial charge in [-0.05, 0) is 37.1 Å². The molecule has 16 heavy (non-hydrogen) atoms. The van der Waals surface area contributed by atoms with Crippen LogP contribution in [-0.4, -0.2) is 19.3 Å². The largest absolute Gasteiger partial charge is 0.241 e. The summed E-state index contributed by atoms with van der Waals surface area (Å²) in [5.41, 5.74) is -0.258. The first-order chi connectivity index (χ1) is 7.47. The van der Waals surface area contributed by atoms with Crippen molar-refractivity contribution in [3.05, 3.63) is 28.7 Å². The molecule has 0 aliphatic heterocycles. The molecule has 2 rings (SSSR count). The van der Waals surface area contributed by atoms with E-state index in [0.29, 0.717) is 10.2 Å². The van der Waals surface area contributed by atoms with Gasteiger partial charge in [0.2, 0.25) is 10.0 Å². The molecular weight excluding hydrogens is 358 g/mol. The number of halogens is 2. The van der Waals surface area contributed by atoms with Crippen molar-refractivity contribution in [1.29, 1.82) is 0 Å². The second-order valence-electron chi connectivity index (χ2n) is 3.97. The van der Waals surface area contributed by atoms with Gasteiger partial charge in [0.1, 0.15) is 0 Å². The second-order valence-corrected chi connectivity index (χ2v) is 7.13. The molecule has 6 heteroatoms. The van der Waals surface area contributed by atoms with E-state index in [9.17, 15) is 8.42 Å². The average Bonchev–Trinajstić information content (AvgIpc) is 2.98. The van der Waals surface area contributed by atoms with Gasteiger partial charge in [-0.2, -0.15) is 0 Å². The number of benzene rings is 1. The molecule has 0 atom stereocenters. The van der Waals surface area contributed by atoms with Gasteiger partial charge in [0.25, 0.3) is 0 Å². The van der Waals surface area contributed by atoms with Gasteiger partial charge in [-0.3, -0.25) is 0 Å². The summed E-state index contributed by atoms with van der Waals surface area (Å²) in [5, 5.41) is 0.662. The highest BCUT2D eigenvalue weighted by Crippen LogP contribution is 2.38. The molecule has 0 radical (unpaired) electrons. The van der Waals surface area contributed by atoms with Gasteiger partial charge in [-0.1, -0.05) is 31.9 Å². The molecule has 0 saturated heterocycles. The highest BCUT2D eigenvalue weighted by atomic mass is 79.9. The average molecular weight is 369 g/mol. The minimum Gasteiger partial charge on any atom is -0.207 e. The lowest BCUT2D eigenvalue weighted by Gasteiger charge is -2.14. The Labute approximate surface area is 112 Å². The Bertz CT molecular complexity index is 480. The van der Waals surface area contributed by atoms with Crippen molar-refractivity contribution < 1.29 is 8.42 Å². The Morgan fingerprint density at radius 3 is 2.25 bits per heavy atom. The van der Waals surface area contributed by atoms with Crippen molar-refractivity contribution in [3.8, 4) is 0 Å². The number of hydrogen-bond acceptors (Lipinski definition) is 2. The van der Waals surface area contributed by atoms with E-state index < -0.39 is 10.0 Å². The first-order valence-electron chi connectivity index (χ1n) is 4.83. The van der Waals surface area contributed by atoms with E-state index in [1.165, 1.54) is 0 Å². The van der Waals surface area contributed by atoms with Crippen molar-refractivity contribution >= 4 is 41.9 Å². The van der Waals surface area contributed by atoms with Crippen LogP contribution in [0.2, 0.25) is 0 Å². The Kier molecular flexibility index (Phi) is 3.45. The molecule has 1 fully saturated rings. The lowest BCUT2D eigenvalue weighted by molar-refractivity contribution is 0.561. The molecule has 88 valence electrons. The van der Waals surface area contributed by atoms with Crippen molar-refractivity contribution in [3.63, 3.8) is 0 Å². The summed E-state index contributed by atoms with van der Waals surface area (Å²) in [6.45, 7) is 0. The number of rotatable bonds is 4. The summed E-state index contributed by atoms with van der Waals surface area (Å²) in [6, 6.07) is 6.64. The fraction of sp³-hybridized carbons (Fsp3) is 0.400. The molecule has 1 aromatic rings. The third-order valence-electron chi connectivity index (χ3n) is 2.58. The van der Waals surface area contributed by atoms with Gasteiger partial charge in [-0.15, -0.1) is 0 Å². The third kappa shape index (κ3) is 2.67. The van der Waals surface area contributed by atoms with Crippen LogP contribution >= 0.6 is 31.9 Å². The van der Waals surface area contributed by atoms with E-state index in [-0.39, 0.29) is 5.54 Å².